The molecule has 2 heterocycles. The normalized spacial score (nSPS) is 17.2. The van der Waals surface area contributed by atoms with Crippen molar-refractivity contribution in [2.45, 2.75) is 58.4 Å². The first kappa shape index (κ1) is 25.6. The number of carbonyl (C=O) groups excluding carboxylic acids is 1. The van der Waals surface area contributed by atoms with Crippen LogP contribution in [0.25, 0.3) is 11.3 Å². The molecule has 0 saturated carbocycles. The number of fused-ring (bicyclic) bond motifs is 4. The summed E-state index contributed by atoms with van der Waals surface area (Å²) in [5.74, 6) is 0.172. The first-order chi connectivity index (χ1) is 17.1. The number of aromatic nitrogens is 2. The van der Waals surface area contributed by atoms with Crippen molar-refractivity contribution in [1.29, 1.82) is 0 Å². The first-order valence-corrected chi connectivity index (χ1v) is 13.6. The van der Waals surface area contributed by atoms with E-state index in [4.69, 9.17) is 4.74 Å². The summed E-state index contributed by atoms with van der Waals surface area (Å²) >= 11 is 0. The molecule has 1 atom stereocenters. The van der Waals surface area contributed by atoms with Crippen LogP contribution in [-0.4, -0.2) is 36.9 Å². The molecule has 190 valence electrons. The van der Waals surface area contributed by atoms with E-state index in [-0.39, 0.29) is 35.0 Å². The van der Waals surface area contributed by atoms with Crippen molar-refractivity contribution >= 4 is 21.9 Å². The first-order valence-electron chi connectivity index (χ1n) is 12.1. The lowest BCUT2D eigenvalue weighted by Gasteiger charge is -2.22. The van der Waals surface area contributed by atoms with E-state index in [9.17, 15) is 13.2 Å². The third kappa shape index (κ3) is 5.36. The van der Waals surface area contributed by atoms with Gasteiger partial charge < -0.3 is 10.1 Å². The highest BCUT2D eigenvalue weighted by Gasteiger charge is 2.25. The Labute approximate surface area is 212 Å². The van der Waals surface area contributed by atoms with Crippen molar-refractivity contribution in [3.05, 3.63) is 64.7 Å². The van der Waals surface area contributed by atoms with Crippen LogP contribution in [0.2, 0.25) is 0 Å². The molecule has 3 aromatic rings. The van der Waals surface area contributed by atoms with Gasteiger partial charge in [0.25, 0.3) is 15.9 Å². The minimum absolute atomic E-state index is 0.0472. The summed E-state index contributed by atoms with van der Waals surface area (Å²) in [5, 5.41) is 3.01. The zero-order valence-corrected chi connectivity index (χ0v) is 22.1. The van der Waals surface area contributed by atoms with Crippen LogP contribution in [0.15, 0.2) is 47.4 Å². The summed E-state index contributed by atoms with van der Waals surface area (Å²) in [6, 6.07) is 11.6. The highest BCUT2D eigenvalue weighted by Crippen LogP contribution is 2.34. The summed E-state index contributed by atoms with van der Waals surface area (Å²) < 4.78 is 35.2. The van der Waals surface area contributed by atoms with Crippen LogP contribution in [0, 0.1) is 19.8 Å². The summed E-state index contributed by atoms with van der Waals surface area (Å²) in [6.07, 6.45) is 1.26. The van der Waals surface area contributed by atoms with Gasteiger partial charge in [0.05, 0.1) is 16.6 Å². The van der Waals surface area contributed by atoms with Gasteiger partial charge in [-0.05, 0) is 61.9 Å². The lowest BCUT2D eigenvalue weighted by Crippen LogP contribution is -2.40. The number of hydrogen-bond acceptors (Lipinski definition) is 6. The topological polar surface area (TPSA) is 110 Å². The van der Waals surface area contributed by atoms with Gasteiger partial charge in [-0.25, -0.2) is 18.1 Å². The Morgan fingerprint density at radius 1 is 1.08 bits per heavy atom. The number of nitrogens with zero attached hydrogens (tertiary/aromatic N) is 2. The van der Waals surface area contributed by atoms with E-state index in [0.717, 1.165) is 22.3 Å². The van der Waals surface area contributed by atoms with E-state index in [1.54, 1.807) is 12.1 Å². The van der Waals surface area contributed by atoms with Crippen LogP contribution < -0.4 is 14.8 Å². The molecule has 0 aliphatic carbocycles. The maximum atomic E-state index is 13.3. The Bertz CT molecular complexity index is 1380. The molecule has 8 nitrogen and oxygen atoms in total. The van der Waals surface area contributed by atoms with Crippen LogP contribution >= 0.6 is 0 Å². The number of hydrogen-bond donors (Lipinski definition) is 2. The maximum Gasteiger partial charge on any atom is 0.264 e. The fourth-order valence-corrected chi connectivity index (χ4v) is 5.50. The molecule has 0 fully saturated rings. The van der Waals surface area contributed by atoms with Gasteiger partial charge in [0.2, 0.25) is 11.8 Å². The monoisotopic (exact) mass is 508 g/mol. The number of benzene rings is 2. The molecule has 9 heteroatoms. The SMILES string of the molecule is CCc1c2nc(nc1-c1c(C)cccc1C)NS(=O)(=O)c1cccc(c1)C(=O)N[C@H](CC(C)C)CO2. The predicted octanol–water partition coefficient (Wildman–Crippen LogP) is 4.66. The third-order valence-electron chi connectivity index (χ3n) is 6.19. The number of sulfonamides is 1. The van der Waals surface area contributed by atoms with Crippen molar-refractivity contribution in [3.63, 3.8) is 0 Å². The summed E-state index contributed by atoms with van der Waals surface area (Å²) in [7, 11) is -4.06. The van der Waals surface area contributed by atoms with E-state index in [0.29, 0.717) is 30.3 Å². The molecule has 0 radical (unpaired) electrons. The number of aryl methyl sites for hydroxylation is 2. The molecular weight excluding hydrogens is 476 g/mol. The van der Waals surface area contributed by atoms with Gasteiger partial charge in [0.15, 0.2) is 0 Å². The Hall–Kier alpha value is -3.46. The van der Waals surface area contributed by atoms with Crippen molar-refractivity contribution < 1.29 is 17.9 Å². The van der Waals surface area contributed by atoms with Gasteiger partial charge >= 0.3 is 0 Å². The molecule has 2 N–H and O–H groups in total. The molecule has 1 aliphatic rings. The second-order valence-corrected chi connectivity index (χ2v) is 11.2. The van der Waals surface area contributed by atoms with Gasteiger partial charge in [-0.1, -0.05) is 45.0 Å². The molecule has 0 unspecified atom stereocenters. The molecule has 0 spiro atoms. The average Bonchev–Trinajstić information content (AvgIpc) is 2.81. The molecule has 2 aromatic carbocycles. The Morgan fingerprint density at radius 3 is 2.44 bits per heavy atom. The Kier molecular flexibility index (Phi) is 7.31. The van der Waals surface area contributed by atoms with Gasteiger partial charge in [-0.3, -0.25) is 4.79 Å². The number of ether oxygens (including phenoxy) is 1. The standard InChI is InChI=1S/C27H32N4O4S/c1-6-22-24(23-17(4)9-7-10-18(23)5)29-27-30-26(22)35-15-20(13-16(2)3)28-25(32)19-11-8-12-21(14-19)36(33,34)31-27/h7-12,14,16,20H,6,13,15H2,1-5H3,(H,28,32)(H,29,30,31)/t20-/m1/s1. The van der Waals surface area contributed by atoms with Gasteiger partial charge in [-0.2, -0.15) is 4.98 Å². The molecule has 4 bridgehead atoms. The van der Waals surface area contributed by atoms with Crippen LogP contribution in [-0.2, 0) is 16.4 Å². The summed E-state index contributed by atoms with van der Waals surface area (Å²) in [4.78, 5) is 22.1. The summed E-state index contributed by atoms with van der Waals surface area (Å²) in [5.41, 5.74) is 4.60. The van der Waals surface area contributed by atoms with E-state index in [2.05, 4.69) is 33.9 Å². The molecule has 1 aromatic heterocycles. The lowest BCUT2D eigenvalue weighted by atomic mass is 9.96. The van der Waals surface area contributed by atoms with Crippen LogP contribution in [0.3, 0.4) is 0 Å². The van der Waals surface area contributed by atoms with Crippen LogP contribution in [0.5, 0.6) is 5.88 Å². The van der Waals surface area contributed by atoms with Crippen LogP contribution in [0.4, 0.5) is 5.95 Å². The van der Waals surface area contributed by atoms with Crippen molar-refractivity contribution in [2.75, 3.05) is 11.3 Å². The third-order valence-corrected chi connectivity index (χ3v) is 7.51. The molecule has 4 rings (SSSR count). The quantitative estimate of drug-likeness (QED) is 0.530. The van der Waals surface area contributed by atoms with Gasteiger partial charge in [0, 0.05) is 16.7 Å². The van der Waals surface area contributed by atoms with Gasteiger partial charge in [-0.15, -0.1) is 0 Å². The number of rotatable bonds is 4. The second kappa shape index (κ2) is 10.3. The van der Waals surface area contributed by atoms with Crippen molar-refractivity contribution in [3.8, 4) is 17.1 Å². The minimum Gasteiger partial charge on any atom is -0.475 e. The zero-order chi connectivity index (χ0) is 26.0. The molecule has 1 amide bonds. The molecule has 1 aliphatic heterocycles. The fourth-order valence-electron chi connectivity index (χ4n) is 4.51. The van der Waals surface area contributed by atoms with Crippen molar-refractivity contribution in [2.24, 2.45) is 5.92 Å². The molecule has 0 saturated heterocycles. The largest absolute Gasteiger partial charge is 0.475 e. The van der Waals surface area contributed by atoms with E-state index in [1.165, 1.54) is 12.1 Å². The number of carbonyl (C=O) groups is 1. The maximum absolute atomic E-state index is 13.3. The second-order valence-electron chi connectivity index (χ2n) is 9.54. The fraction of sp³-hybridized carbons (Fsp3) is 0.370. The Balaban J connectivity index is 1.93. The lowest BCUT2D eigenvalue weighted by molar-refractivity contribution is 0.0912. The van der Waals surface area contributed by atoms with Gasteiger partial charge in [0.1, 0.15) is 6.61 Å². The van der Waals surface area contributed by atoms with E-state index >= 15 is 0 Å². The molecular formula is C27H32N4O4S. The zero-order valence-electron chi connectivity index (χ0n) is 21.3. The minimum atomic E-state index is -4.06. The smallest absolute Gasteiger partial charge is 0.264 e. The number of amides is 1. The summed E-state index contributed by atoms with van der Waals surface area (Å²) in [6.45, 7) is 10.3. The molecule has 36 heavy (non-hydrogen) atoms. The average molecular weight is 509 g/mol. The predicted molar refractivity (Wildman–Crippen MR) is 140 cm³/mol. The number of nitrogens with one attached hydrogen (secondary N) is 2. The van der Waals surface area contributed by atoms with E-state index < -0.39 is 10.0 Å². The number of anilines is 1. The highest BCUT2D eigenvalue weighted by molar-refractivity contribution is 7.92. The highest BCUT2D eigenvalue weighted by atomic mass is 32.2. The Morgan fingerprint density at radius 2 is 1.78 bits per heavy atom. The van der Waals surface area contributed by atoms with Crippen LogP contribution in [0.1, 0.15) is 54.2 Å². The van der Waals surface area contributed by atoms with Crippen molar-refractivity contribution in [1.82, 2.24) is 15.3 Å². The van der Waals surface area contributed by atoms with E-state index in [1.807, 2.05) is 39.0 Å².